The number of aromatic nitrogens is 2. The summed E-state index contributed by atoms with van der Waals surface area (Å²) in [6.45, 7) is 9.55. The maximum absolute atomic E-state index is 5.23. The van der Waals surface area contributed by atoms with Gasteiger partial charge in [-0.2, -0.15) is 0 Å². The molecule has 5 nitrogen and oxygen atoms in total. The molecule has 0 fully saturated rings. The third-order valence-corrected chi connectivity index (χ3v) is 2.22. The summed E-state index contributed by atoms with van der Waals surface area (Å²) in [4.78, 5) is 12.9. The monoisotopic (exact) mass is 260 g/mol. The molecule has 0 unspecified atom stereocenters. The minimum absolute atomic E-state index is 0.252. The van der Waals surface area contributed by atoms with E-state index in [1.54, 1.807) is 25.6 Å². The van der Waals surface area contributed by atoms with Gasteiger partial charge in [-0.25, -0.2) is 9.97 Å². The summed E-state index contributed by atoms with van der Waals surface area (Å²) >= 11 is 0. The average Bonchev–Trinajstić information content (AvgIpc) is 2.39. The van der Waals surface area contributed by atoms with Gasteiger partial charge in [-0.05, 0) is 20.8 Å². The fourth-order valence-corrected chi connectivity index (χ4v) is 1.41. The van der Waals surface area contributed by atoms with Crippen molar-refractivity contribution in [1.29, 1.82) is 0 Å². The maximum Gasteiger partial charge on any atom is 0.180 e. The van der Waals surface area contributed by atoms with Gasteiger partial charge in [0.05, 0.1) is 13.3 Å². The molecule has 0 aromatic carbocycles. The van der Waals surface area contributed by atoms with Crippen LogP contribution in [-0.4, -0.2) is 29.3 Å². The Bertz CT molecular complexity index is 492. The number of anilines is 1. The summed E-state index contributed by atoms with van der Waals surface area (Å²) in [5.41, 5.74) is 0.689. The van der Waals surface area contributed by atoms with E-state index in [-0.39, 0.29) is 6.04 Å². The number of rotatable bonds is 6. The van der Waals surface area contributed by atoms with Crippen LogP contribution in [-0.2, 0) is 0 Å². The van der Waals surface area contributed by atoms with Crippen molar-refractivity contribution in [1.82, 2.24) is 9.97 Å². The largest absolute Gasteiger partial charge is 0.491 e. The van der Waals surface area contributed by atoms with Crippen molar-refractivity contribution in [2.24, 2.45) is 4.99 Å². The highest BCUT2D eigenvalue weighted by atomic mass is 16.5. The molecule has 0 aliphatic rings. The standard InChI is InChI=1S/C14H20N4O/c1-6-8-15-11(7-2)13-16-9-12(19-5)14(18-13)17-10(3)4/h6-10H,1H2,2-5H3,(H,16,17,18)/b11-7-,15-8?. The van der Waals surface area contributed by atoms with Crippen LogP contribution in [0.3, 0.4) is 0 Å². The summed E-state index contributed by atoms with van der Waals surface area (Å²) in [6.07, 6.45) is 6.71. The number of nitrogens with zero attached hydrogens (tertiary/aromatic N) is 3. The second kappa shape index (κ2) is 7.31. The normalized spacial score (nSPS) is 11.9. The maximum atomic E-state index is 5.23. The Hall–Kier alpha value is -2.17. The van der Waals surface area contributed by atoms with Crippen molar-refractivity contribution in [3.05, 3.63) is 30.8 Å². The Morgan fingerprint density at radius 3 is 2.79 bits per heavy atom. The second-order valence-electron chi connectivity index (χ2n) is 4.10. The Kier molecular flexibility index (Phi) is 5.73. The van der Waals surface area contributed by atoms with Crippen molar-refractivity contribution in [3.8, 4) is 5.75 Å². The number of nitrogens with one attached hydrogen (secondary N) is 1. The first-order chi connectivity index (χ1) is 9.12. The molecule has 1 aromatic rings. The van der Waals surface area contributed by atoms with Gasteiger partial charge in [0, 0.05) is 12.3 Å². The Balaban J connectivity index is 3.15. The first-order valence-electron chi connectivity index (χ1n) is 6.11. The highest BCUT2D eigenvalue weighted by Gasteiger charge is 2.10. The van der Waals surface area contributed by atoms with E-state index in [2.05, 4.69) is 26.9 Å². The summed E-state index contributed by atoms with van der Waals surface area (Å²) in [7, 11) is 1.59. The molecule has 1 aromatic heterocycles. The molecule has 5 heteroatoms. The number of aliphatic imine (C=N–C) groups is 1. The van der Waals surface area contributed by atoms with E-state index in [4.69, 9.17) is 4.74 Å². The molecule has 0 atom stereocenters. The Morgan fingerprint density at radius 1 is 1.53 bits per heavy atom. The predicted molar refractivity (Wildman–Crippen MR) is 79.7 cm³/mol. The van der Waals surface area contributed by atoms with Crippen LogP contribution in [0.4, 0.5) is 5.82 Å². The molecule has 0 spiro atoms. The molecule has 0 bridgehead atoms. The fourth-order valence-electron chi connectivity index (χ4n) is 1.41. The summed E-state index contributed by atoms with van der Waals surface area (Å²) in [6, 6.07) is 0.252. The van der Waals surface area contributed by atoms with Crippen molar-refractivity contribution in [2.75, 3.05) is 12.4 Å². The highest BCUT2D eigenvalue weighted by Crippen LogP contribution is 2.23. The van der Waals surface area contributed by atoms with Gasteiger partial charge < -0.3 is 10.1 Å². The van der Waals surface area contributed by atoms with Crippen LogP contribution in [0, 0.1) is 0 Å². The van der Waals surface area contributed by atoms with E-state index in [0.29, 0.717) is 23.1 Å². The Morgan fingerprint density at radius 2 is 2.26 bits per heavy atom. The smallest absolute Gasteiger partial charge is 0.180 e. The molecule has 0 aliphatic heterocycles. The van der Waals surface area contributed by atoms with Crippen LogP contribution >= 0.6 is 0 Å². The lowest BCUT2D eigenvalue weighted by molar-refractivity contribution is 0.412. The van der Waals surface area contributed by atoms with Crippen LogP contribution in [0.2, 0.25) is 0 Å². The number of ether oxygens (including phenoxy) is 1. The van der Waals surface area contributed by atoms with E-state index in [0.717, 1.165) is 0 Å². The van der Waals surface area contributed by atoms with Gasteiger partial charge in [0.2, 0.25) is 0 Å². The van der Waals surface area contributed by atoms with Gasteiger partial charge in [0.25, 0.3) is 0 Å². The number of allylic oxidation sites excluding steroid dienone is 2. The lowest BCUT2D eigenvalue weighted by Crippen LogP contribution is -2.13. The van der Waals surface area contributed by atoms with Crippen LogP contribution in [0.15, 0.2) is 29.9 Å². The Labute approximate surface area is 114 Å². The van der Waals surface area contributed by atoms with Crippen LogP contribution in [0.25, 0.3) is 5.70 Å². The van der Waals surface area contributed by atoms with E-state index < -0.39 is 0 Å². The van der Waals surface area contributed by atoms with Gasteiger partial charge in [-0.1, -0.05) is 18.7 Å². The van der Waals surface area contributed by atoms with Crippen molar-refractivity contribution >= 4 is 17.7 Å². The van der Waals surface area contributed by atoms with E-state index >= 15 is 0 Å². The zero-order chi connectivity index (χ0) is 14.3. The third kappa shape index (κ3) is 4.21. The van der Waals surface area contributed by atoms with Crippen LogP contribution in [0.5, 0.6) is 5.75 Å². The van der Waals surface area contributed by atoms with Gasteiger partial charge in [-0.15, -0.1) is 0 Å². The first kappa shape index (κ1) is 14.9. The lowest BCUT2D eigenvalue weighted by atomic mass is 10.3. The van der Waals surface area contributed by atoms with Crippen molar-refractivity contribution in [2.45, 2.75) is 26.8 Å². The number of hydrogen-bond donors (Lipinski definition) is 1. The predicted octanol–water partition coefficient (Wildman–Crippen LogP) is 2.92. The number of methoxy groups -OCH3 is 1. The van der Waals surface area contributed by atoms with Crippen LogP contribution < -0.4 is 10.1 Å². The minimum atomic E-state index is 0.252. The molecule has 0 amide bonds. The second-order valence-corrected chi connectivity index (χ2v) is 4.10. The molecule has 1 N–H and O–H groups in total. The topological polar surface area (TPSA) is 59.4 Å². The van der Waals surface area contributed by atoms with Gasteiger partial charge in [0.1, 0.15) is 5.70 Å². The average molecular weight is 260 g/mol. The zero-order valence-corrected chi connectivity index (χ0v) is 11.8. The van der Waals surface area contributed by atoms with E-state index in [1.807, 2.05) is 26.8 Å². The molecule has 1 heterocycles. The summed E-state index contributed by atoms with van der Waals surface area (Å²) in [5, 5.41) is 3.22. The van der Waals surface area contributed by atoms with Gasteiger partial charge in [0.15, 0.2) is 17.4 Å². The molecule has 0 radical (unpaired) electrons. The molecular formula is C14H20N4O. The molecular weight excluding hydrogens is 240 g/mol. The third-order valence-electron chi connectivity index (χ3n) is 2.22. The number of hydrogen-bond acceptors (Lipinski definition) is 5. The summed E-state index contributed by atoms with van der Waals surface area (Å²) < 4.78 is 5.23. The molecule has 19 heavy (non-hydrogen) atoms. The van der Waals surface area contributed by atoms with Gasteiger partial charge >= 0.3 is 0 Å². The zero-order valence-electron chi connectivity index (χ0n) is 11.8. The molecule has 0 saturated heterocycles. The molecule has 0 saturated carbocycles. The van der Waals surface area contributed by atoms with Gasteiger partial charge in [-0.3, -0.25) is 4.99 Å². The molecule has 102 valence electrons. The lowest BCUT2D eigenvalue weighted by Gasteiger charge is -2.13. The summed E-state index contributed by atoms with van der Waals surface area (Å²) in [5.74, 6) is 1.82. The fraction of sp³-hybridized carbons (Fsp3) is 0.357. The quantitative estimate of drug-likeness (QED) is 0.799. The van der Waals surface area contributed by atoms with E-state index in [1.165, 1.54) is 0 Å². The first-order valence-corrected chi connectivity index (χ1v) is 6.11. The van der Waals surface area contributed by atoms with Crippen molar-refractivity contribution < 1.29 is 4.74 Å². The molecule has 0 aliphatic carbocycles. The SMILES string of the molecule is C=CC=N/C(=C\C)c1ncc(OC)c(NC(C)C)n1. The van der Waals surface area contributed by atoms with Crippen LogP contribution in [0.1, 0.15) is 26.6 Å². The van der Waals surface area contributed by atoms with Crippen molar-refractivity contribution in [3.63, 3.8) is 0 Å². The highest BCUT2D eigenvalue weighted by molar-refractivity contribution is 5.78. The molecule has 1 rings (SSSR count). The minimum Gasteiger partial charge on any atom is -0.491 e. The van der Waals surface area contributed by atoms with E-state index in [9.17, 15) is 0 Å².